The van der Waals surface area contributed by atoms with Crippen LogP contribution in [0.2, 0.25) is 0 Å². The molecule has 2 unspecified atom stereocenters. The van der Waals surface area contributed by atoms with Crippen molar-refractivity contribution >= 4 is 5.76 Å². The first-order chi connectivity index (χ1) is 10.1. The summed E-state index contributed by atoms with van der Waals surface area (Å²) in [5, 5.41) is 9.75. The molecule has 4 saturated carbocycles. The Kier molecular flexibility index (Phi) is 2.83. The number of phenolic OH excluding ortho intramolecular Hbond substituents is 1. The summed E-state index contributed by atoms with van der Waals surface area (Å²) in [7, 11) is 1.75. The van der Waals surface area contributed by atoms with Crippen LogP contribution in [0.1, 0.15) is 37.7 Å². The van der Waals surface area contributed by atoms with Gasteiger partial charge in [0, 0.05) is 11.1 Å². The molecule has 4 aliphatic rings. The second-order valence-electron chi connectivity index (χ2n) is 7.24. The Labute approximate surface area is 125 Å². The molecule has 0 amide bonds. The number of benzene rings is 1. The molecule has 3 N–H and O–H groups in total. The van der Waals surface area contributed by atoms with Gasteiger partial charge in [0.15, 0.2) is 0 Å². The third-order valence-corrected chi connectivity index (χ3v) is 5.69. The van der Waals surface area contributed by atoms with E-state index in [1.54, 1.807) is 19.2 Å². The van der Waals surface area contributed by atoms with Crippen molar-refractivity contribution in [1.29, 1.82) is 0 Å². The van der Waals surface area contributed by atoms with E-state index in [9.17, 15) is 5.11 Å². The van der Waals surface area contributed by atoms with Gasteiger partial charge in [-0.15, -0.1) is 0 Å². The minimum Gasteiger partial charge on any atom is -0.508 e. The maximum absolute atomic E-state index is 9.75. The van der Waals surface area contributed by atoms with Crippen LogP contribution in [-0.4, -0.2) is 17.8 Å². The molecule has 3 heteroatoms. The molecule has 1 aromatic carbocycles. The summed E-state index contributed by atoms with van der Waals surface area (Å²) >= 11 is 0. The van der Waals surface area contributed by atoms with Crippen molar-refractivity contribution in [2.75, 3.05) is 7.11 Å². The quantitative estimate of drug-likeness (QED) is 0.820. The summed E-state index contributed by atoms with van der Waals surface area (Å²) in [5.41, 5.74) is 9.10. The molecular formula is C18H23NO2. The first kappa shape index (κ1) is 13.2. The Morgan fingerprint density at radius 1 is 1.24 bits per heavy atom. The van der Waals surface area contributed by atoms with Crippen LogP contribution in [0.3, 0.4) is 0 Å². The van der Waals surface area contributed by atoms with Crippen molar-refractivity contribution in [2.24, 2.45) is 23.5 Å². The summed E-state index contributed by atoms with van der Waals surface area (Å²) in [6.07, 6.45) is 5.93. The maximum atomic E-state index is 9.75. The Morgan fingerprint density at radius 3 is 2.52 bits per heavy atom. The van der Waals surface area contributed by atoms with E-state index in [0.29, 0.717) is 17.6 Å². The Bertz CT molecular complexity index is 589. The van der Waals surface area contributed by atoms with Gasteiger partial charge in [0.05, 0.1) is 7.11 Å². The average Bonchev–Trinajstić information content (AvgIpc) is 2.41. The van der Waals surface area contributed by atoms with E-state index in [4.69, 9.17) is 10.5 Å². The van der Waals surface area contributed by atoms with Crippen LogP contribution in [0.4, 0.5) is 0 Å². The summed E-state index contributed by atoms with van der Waals surface area (Å²) < 4.78 is 5.78. The van der Waals surface area contributed by atoms with Gasteiger partial charge < -0.3 is 15.6 Å². The van der Waals surface area contributed by atoms with Crippen LogP contribution >= 0.6 is 0 Å². The molecule has 0 saturated heterocycles. The van der Waals surface area contributed by atoms with E-state index < -0.39 is 0 Å². The molecule has 4 bridgehead atoms. The second kappa shape index (κ2) is 4.51. The highest BCUT2D eigenvalue weighted by Crippen LogP contribution is 2.58. The van der Waals surface area contributed by atoms with Gasteiger partial charge in [0.2, 0.25) is 0 Å². The fourth-order valence-corrected chi connectivity index (χ4v) is 5.27. The van der Waals surface area contributed by atoms with Crippen molar-refractivity contribution in [1.82, 2.24) is 0 Å². The van der Waals surface area contributed by atoms with Gasteiger partial charge in [0.1, 0.15) is 11.5 Å². The summed E-state index contributed by atoms with van der Waals surface area (Å²) in [6, 6.07) is 7.40. The minimum absolute atomic E-state index is 0.0671. The van der Waals surface area contributed by atoms with Gasteiger partial charge >= 0.3 is 0 Å². The molecule has 3 nitrogen and oxygen atoms in total. The second-order valence-corrected chi connectivity index (χ2v) is 7.24. The summed E-state index contributed by atoms with van der Waals surface area (Å²) in [5.74, 6) is 3.21. The molecule has 1 aromatic rings. The summed E-state index contributed by atoms with van der Waals surface area (Å²) in [6.45, 7) is 0. The first-order valence-electron chi connectivity index (χ1n) is 7.94. The number of hydrogen-bond donors (Lipinski definition) is 2. The molecule has 4 aliphatic carbocycles. The van der Waals surface area contributed by atoms with Crippen LogP contribution in [0.15, 0.2) is 29.8 Å². The SMILES string of the molecule is COC(=C1C2CC3CC1CC(N)(C3)C2)c1cccc(O)c1. The van der Waals surface area contributed by atoms with Crippen LogP contribution in [0.5, 0.6) is 5.75 Å². The van der Waals surface area contributed by atoms with Crippen LogP contribution < -0.4 is 5.73 Å². The van der Waals surface area contributed by atoms with Gasteiger partial charge in [-0.1, -0.05) is 12.1 Å². The fraction of sp³-hybridized carbons (Fsp3) is 0.556. The molecule has 21 heavy (non-hydrogen) atoms. The lowest BCUT2D eigenvalue weighted by molar-refractivity contribution is 0.0443. The Morgan fingerprint density at radius 2 is 1.95 bits per heavy atom. The average molecular weight is 285 g/mol. The van der Waals surface area contributed by atoms with Crippen LogP contribution in [0, 0.1) is 17.8 Å². The van der Waals surface area contributed by atoms with Crippen LogP contribution in [0.25, 0.3) is 5.76 Å². The predicted molar refractivity (Wildman–Crippen MR) is 82.5 cm³/mol. The number of allylic oxidation sites excluding steroid dienone is 1. The number of rotatable bonds is 2. The molecule has 4 fully saturated rings. The first-order valence-corrected chi connectivity index (χ1v) is 7.94. The highest BCUT2D eigenvalue weighted by Gasteiger charge is 2.52. The minimum atomic E-state index is 0.0671. The van der Waals surface area contributed by atoms with Gasteiger partial charge in [-0.25, -0.2) is 0 Å². The number of methoxy groups -OCH3 is 1. The highest BCUT2D eigenvalue weighted by molar-refractivity contribution is 5.66. The smallest absolute Gasteiger partial charge is 0.125 e. The zero-order chi connectivity index (χ0) is 14.6. The number of aromatic hydroxyl groups is 1. The van der Waals surface area contributed by atoms with Gasteiger partial charge in [-0.2, -0.15) is 0 Å². The Hall–Kier alpha value is -1.48. The number of hydrogen-bond acceptors (Lipinski definition) is 3. The molecule has 2 atom stereocenters. The largest absolute Gasteiger partial charge is 0.508 e. The lowest BCUT2D eigenvalue weighted by atomic mass is 9.51. The lowest BCUT2D eigenvalue weighted by Gasteiger charge is -2.56. The normalized spacial score (nSPS) is 36.9. The van der Waals surface area contributed by atoms with E-state index >= 15 is 0 Å². The Balaban J connectivity index is 1.80. The molecule has 0 heterocycles. The molecular weight excluding hydrogens is 262 g/mol. The van der Waals surface area contributed by atoms with E-state index in [2.05, 4.69) is 0 Å². The summed E-state index contributed by atoms with van der Waals surface area (Å²) in [4.78, 5) is 0. The van der Waals surface area contributed by atoms with Gasteiger partial charge in [-0.05, 0) is 67.6 Å². The number of nitrogens with two attached hydrogens (primary N) is 1. The fourth-order valence-electron chi connectivity index (χ4n) is 5.27. The highest BCUT2D eigenvalue weighted by atomic mass is 16.5. The molecule has 0 aromatic heterocycles. The lowest BCUT2D eigenvalue weighted by Crippen LogP contribution is -2.57. The van der Waals surface area contributed by atoms with Crippen molar-refractivity contribution in [2.45, 2.75) is 37.6 Å². The maximum Gasteiger partial charge on any atom is 0.125 e. The molecule has 0 aliphatic heterocycles. The van der Waals surface area contributed by atoms with Crippen LogP contribution in [-0.2, 0) is 4.74 Å². The molecule has 5 rings (SSSR count). The predicted octanol–water partition coefficient (Wildman–Crippen LogP) is 3.29. The van der Waals surface area contributed by atoms with E-state index in [1.807, 2.05) is 12.1 Å². The third-order valence-electron chi connectivity index (χ3n) is 5.69. The van der Waals surface area contributed by atoms with E-state index in [0.717, 1.165) is 30.1 Å². The van der Waals surface area contributed by atoms with Crippen molar-refractivity contribution < 1.29 is 9.84 Å². The van der Waals surface area contributed by atoms with Crippen molar-refractivity contribution in [3.05, 3.63) is 35.4 Å². The third kappa shape index (κ3) is 2.06. The number of ether oxygens (including phenoxy) is 1. The zero-order valence-corrected chi connectivity index (χ0v) is 12.5. The zero-order valence-electron chi connectivity index (χ0n) is 12.5. The van der Waals surface area contributed by atoms with Crippen molar-refractivity contribution in [3.8, 4) is 5.75 Å². The van der Waals surface area contributed by atoms with E-state index in [1.165, 1.54) is 24.8 Å². The van der Waals surface area contributed by atoms with Gasteiger partial charge in [-0.3, -0.25) is 0 Å². The van der Waals surface area contributed by atoms with Gasteiger partial charge in [0.25, 0.3) is 0 Å². The standard InChI is InChI=1S/C18H23NO2/c1-21-17(12-3-2-4-15(20)7-12)16-13-5-11-6-14(16)10-18(19,8-11)9-13/h2-4,7,11,13-14,20H,5-6,8-10,19H2,1H3. The molecule has 112 valence electrons. The van der Waals surface area contributed by atoms with E-state index in [-0.39, 0.29) is 5.54 Å². The molecule has 0 radical (unpaired) electrons. The molecule has 0 spiro atoms. The topological polar surface area (TPSA) is 55.5 Å². The number of phenols is 1. The monoisotopic (exact) mass is 285 g/mol. The van der Waals surface area contributed by atoms with Crippen molar-refractivity contribution in [3.63, 3.8) is 0 Å².